The number of phosphoric acid groups is 1. The summed E-state index contributed by atoms with van der Waals surface area (Å²) in [4.78, 5) is 220. The summed E-state index contributed by atoms with van der Waals surface area (Å²) in [5.41, 5.74) is 40.7. The van der Waals surface area contributed by atoms with Crippen molar-refractivity contribution in [3.05, 3.63) is 48.0 Å². The number of hydrogen-bond donors (Lipinski definition) is 18. The maximum absolute atomic E-state index is 14.8. The van der Waals surface area contributed by atoms with Gasteiger partial charge in [0, 0.05) is 107 Å². The standard InChI is InChI=1S/C75H125N18O19PS/c1-7-45(4)67(92-71(106)54(78)16-13-30-86-75(81)82)65(101)37-49(34-51-40-84-43-87-51)61(97)35-47(26-32-114-6)62(98)39-53(44(2)3)70(105)90-57(33-46-20-22-52(95)23-21-46)64(100)38-50(41-94)69(104)89-55(17-8-10-27-76)63(99)36-48(15-12-29-85-74(79)80)68(103)91-58(42-112-113(109,110)111)60(96)24-25-66(102)88-56(18-9-11-28-77)73(108)93-31-14-19-59(93)72(107)83-5/h20-23,40,43-45,47-50,53-59,67,94-95H,7-19,24-39,41-42,76-78H2,1-6H3,(H,83,107)(H,84,87)(H,88,102)(H,89,104)(H,90,105)(H,91,103)(H,92,106)(H4,79,80,85)(H4,81,82,86)(H2,109,110,111)/t45?,47-,48+,49+,50+,53+,54+,55+,56+,57+,58+,59-,67+/m1/s1. The maximum Gasteiger partial charge on any atom is 0.469 e. The zero-order valence-electron chi connectivity index (χ0n) is 66.6. The molecule has 640 valence electrons. The van der Waals surface area contributed by atoms with E-state index in [-0.39, 0.29) is 133 Å². The Balaban J connectivity index is 1.94. The van der Waals surface area contributed by atoms with Crippen molar-refractivity contribution in [2.45, 2.75) is 218 Å². The number of carbonyl (C=O) groups is 13. The number of H-pyrrole nitrogens is 1. The summed E-state index contributed by atoms with van der Waals surface area (Å²) < 4.78 is 16.7. The number of imidazole rings is 1. The number of nitrogens with zero attached hydrogens (tertiary/aromatic N) is 4. The van der Waals surface area contributed by atoms with Crippen LogP contribution in [0.25, 0.3) is 0 Å². The molecule has 0 radical (unpaired) electrons. The Morgan fingerprint density at radius 2 is 1.22 bits per heavy atom. The molecular weight excluding hydrogens is 1520 g/mol. The minimum Gasteiger partial charge on any atom is -0.508 e. The number of likely N-dealkylation sites (N-methyl/N-ethyl adjacent to an activating group) is 1. The fraction of sp³-hybridized carbons (Fsp3) is 0.680. The molecule has 37 nitrogen and oxygen atoms in total. The summed E-state index contributed by atoms with van der Waals surface area (Å²) in [7, 11) is -3.90. The molecule has 39 heteroatoms. The van der Waals surface area contributed by atoms with E-state index in [9.17, 15) is 86.9 Å². The molecule has 2 heterocycles. The molecular formula is C75H125N18O19PS. The Morgan fingerprint density at radius 1 is 0.649 bits per heavy atom. The van der Waals surface area contributed by atoms with Gasteiger partial charge in [-0.3, -0.25) is 76.8 Å². The van der Waals surface area contributed by atoms with E-state index in [0.29, 0.717) is 62.0 Å². The largest absolute Gasteiger partial charge is 0.508 e. The van der Waals surface area contributed by atoms with Crippen molar-refractivity contribution in [2.75, 3.05) is 65.0 Å². The van der Waals surface area contributed by atoms with Crippen LogP contribution in [0.15, 0.2) is 46.8 Å². The van der Waals surface area contributed by atoms with Crippen LogP contribution in [0.5, 0.6) is 5.75 Å². The van der Waals surface area contributed by atoms with E-state index in [1.807, 2.05) is 13.2 Å². The summed E-state index contributed by atoms with van der Waals surface area (Å²) in [6, 6.07) is -2.95. The number of aromatic nitrogens is 2. The molecule has 1 saturated heterocycles. The number of aliphatic hydroxyl groups is 1. The van der Waals surface area contributed by atoms with E-state index in [1.54, 1.807) is 20.8 Å². The molecule has 0 saturated carbocycles. The number of Topliss-reactive ketones (excluding diaryl/α,β-unsaturated/α-hetero) is 6. The Bertz CT molecular complexity index is 3540. The Labute approximate surface area is 670 Å². The van der Waals surface area contributed by atoms with Gasteiger partial charge in [-0.1, -0.05) is 46.2 Å². The molecule has 25 N–H and O–H groups in total. The number of thioether (sulfide) groups is 1. The number of aromatic hydroxyl groups is 1. The Kier molecular flexibility index (Phi) is 46.1. The number of phenols is 1. The Hall–Kier alpha value is -8.62. The second kappa shape index (κ2) is 52.8. The molecule has 1 fully saturated rings. The van der Waals surface area contributed by atoms with Gasteiger partial charge in [-0.05, 0) is 151 Å². The minimum absolute atomic E-state index is 0.0329. The van der Waals surface area contributed by atoms with E-state index < -0.39 is 201 Å². The van der Waals surface area contributed by atoms with Crippen molar-refractivity contribution >= 4 is 108 Å². The monoisotopic (exact) mass is 1640 g/mol. The van der Waals surface area contributed by atoms with Crippen LogP contribution in [0.1, 0.15) is 174 Å². The zero-order chi connectivity index (χ0) is 85.2. The molecule has 1 aromatic heterocycles. The van der Waals surface area contributed by atoms with Crippen molar-refractivity contribution in [2.24, 2.45) is 91.5 Å². The summed E-state index contributed by atoms with van der Waals surface area (Å²) in [5, 5.41) is 36.9. The number of rotatable bonds is 60. The lowest BCUT2D eigenvalue weighted by Gasteiger charge is -2.28. The quantitative estimate of drug-likeness (QED) is 0.0172. The first kappa shape index (κ1) is 99.6. The number of amides is 7. The molecule has 1 aliphatic heterocycles. The van der Waals surface area contributed by atoms with Crippen molar-refractivity contribution in [1.29, 1.82) is 0 Å². The SMILES string of the molecule is CCC(C)[C@H](NC(=O)[C@@H](N)CCCN=C(N)N)C(=O)C[C@H](Cc1cnc[nH]1)C(=O)C[C@@H](CCSC)C(=O)C[C@H](C(=O)N[C@@H](Cc1ccc(O)cc1)C(=O)C[C@@H](CO)C(=O)N[C@@H](CCCCN)C(=O)C[C@H](CCCN=C(N)N)C(=O)N[C@@H](COP(=O)(O)O)C(=O)CCC(=O)N[C@@H](CCCCN)C(=O)N1CCC[C@@H]1C(=O)NC)C(C)C. The molecule has 1 unspecified atom stereocenters. The molecule has 3 rings (SSSR count). The lowest BCUT2D eigenvalue weighted by atomic mass is 9.80. The summed E-state index contributed by atoms with van der Waals surface area (Å²) >= 11 is 1.42. The number of nitrogens with two attached hydrogens (primary N) is 7. The molecule has 0 bridgehead atoms. The number of aliphatic hydroxyl groups excluding tert-OH is 1. The smallest absolute Gasteiger partial charge is 0.469 e. The first-order valence-corrected chi connectivity index (χ1v) is 41.9. The first-order chi connectivity index (χ1) is 54.0. The third-order valence-corrected chi connectivity index (χ3v) is 21.3. The van der Waals surface area contributed by atoms with Crippen LogP contribution in [0, 0.1) is 41.4 Å². The number of phenolic OH excluding ortho intramolecular Hbond substituents is 1. The average Bonchev–Trinajstić information content (AvgIpc) is 1.77. The number of nitrogens with one attached hydrogen (secondary N) is 7. The third-order valence-electron chi connectivity index (χ3n) is 20.2. The highest BCUT2D eigenvalue weighted by Gasteiger charge is 2.41. The molecule has 2 aromatic rings. The van der Waals surface area contributed by atoms with Crippen molar-refractivity contribution in [3.8, 4) is 5.75 Å². The summed E-state index contributed by atoms with van der Waals surface area (Å²) in [6.07, 6.45) is 4.47. The summed E-state index contributed by atoms with van der Waals surface area (Å²) in [6.45, 7) is 5.80. The lowest BCUT2D eigenvalue weighted by Crippen LogP contribution is -2.53. The number of ketones is 6. The second-order valence-corrected chi connectivity index (χ2v) is 31.6. The van der Waals surface area contributed by atoms with E-state index in [4.69, 9.17) is 40.1 Å². The fourth-order valence-electron chi connectivity index (χ4n) is 13.2. The number of phosphoric ester groups is 1. The number of aromatic amines is 1. The van der Waals surface area contributed by atoms with E-state index in [1.165, 1.54) is 60.5 Å². The number of hydrogen-bond acceptors (Lipinski definition) is 24. The number of benzene rings is 1. The predicted octanol–water partition coefficient (Wildman–Crippen LogP) is -0.463. The van der Waals surface area contributed by atoms with Gasteiger partial charge in [0.25, 0.3) is 0 Å². The van der Waals surface area contributed by atoms with Gasteiger partial charge in [-0.2, -0.15) is 11.8 Å². The van der Waals surface area contributed by atoms with Crippen LogP contribution >= 0.6 is 19.6 Å². The second-order valence-electron chi connectivity index (χ2n) is 29.4. The highest BCUT2D eigenvalue weighted by molar-refractivity contribution is 7.98. The van der Waals surface area contributed by atoms with Gasteiger partial charge < -0.3 is 102 Å². The van der Waals surface area contributed by atoms with Gasteiger partial charge in [0.15, 0.2) is 35.1 Å². The van der Waals surface area contributed by atoms with E-state index in [2.05, 4.69) is 56.4 Å². The molecule has 13 atom stereocenters. The molecule has 0 aliphatic carbocycles. The van der Waals surface area contributed by atoms with Gasteiger partial charge in [0.2, 0.25) is 41.4 Å². The van der Waals surface area contributed by atoms with Gasteiger partial charge in [-0.15, -0.1) is 0 Å². The number of unbranched alkanes of at least 4 members (excludes halogenated alkanes) is 2. The van der Waals surface area contributed by atoms with Gasteiger partial charge >= 0.3 is 7.82 Å². The van der Waals surface area contributed by atoms with Crippen LogP contribution in [0.3, 0.4) is 0 Å². The van der Waals surface area contributed by atoms with Crippen LogP contribution in [-0.4, -0.2) is 230 Å². The highest BCUT2D eigenvalue weighted by Crippen LogP contribution is 2.36. The molecule has 114 heavy (non-hydrogen) atoms. The lowest BCUT2D eigenvalue weighted by molar-refractivity contribution is -0.141. The fourth-order valence-corrected chi connectivity index (χ4v) is 14.1. The highest BCUT2D eigenvalue weighted by atomic mass is 32.2. The minimum atomic E-state index is -5.34. The predicted molar refractivity (Wildman–Crippen MR) is 428 cm³/mol. The zero-order valence-corrected chi connectivity index (χ0v) is 68.3. The first-order valence-electron chi connectivity index (χ1n) is 39.0. The number of likely N-dealkylation sites (tertiary alicyclic amines) is 1. The van der Waals surface area contributed by atoms with Crippen molar-refractivity contribution in [3.63, 3.8) is 0 Å². The molecule has 1 aromatic carbocycles. The molecule has 1 aliphatic rings. The summed E-state index contributed by atoms with van der Waals surface area (Å²) in [5.74, 6) is -15.9. The van der Waals surface area contributed by atoms with E-state index in [0.717, 1.165) is 0 Å². The Morgan fingerprint density at radius 3 is 1.79 bits per heavy atom. The van der Waals surface area contributed by atoms with Crippen LogP contribution in [-0.2, 0) is 84.3 Å². The number of aliphatic imine (C=N–C) groups is 2. The molecule has 0 spiro atoms. The van der Waals surface area contributed by atoms with Crippen LogP contribution in [0.4, 0.5) is 0 Å². The van der Waals surface area contributed by atoms with Crippen LogP contribution in [0.2, 0.25) is 0 Å². The van der Waals surface area contributed by atoms with E-state index >= 15 is 0 Å². The van der Waals surface area contributed by atoms with Crippen molar-refractivity contribution < 1.29 is 91.4 Å². The van der Waals surface area contributed by atoms with Gasteiger partial charge in [0.05, 0.1) is 49.6 Å². The van der Waals surface area contributed by atoms with Gasteiger partial charge in [0.1, 0.15) is 35.4 Å². The number of carbonyl (C=O) groups excluding carboxylic acids is 13. The topological polar surface area (TPSA) is 640 Å². The third kappa shape index (κ3) is 36.9. The van der Waals surface area contributed by atoms with Crippen LogP contribution < -0.4 is 72.0 Å². The molecule has 7 amide bonds. The number of guanidine groups is 2. The average molecular weight is 1650 g/mol. The van der Waals surface area contributed by atoms with Gasteiger partial charge in [-0.25, -0.2) is 9.55 Å². The maximum atomic E-state index is 14.8. The normalized spacial score (nSPS) is 16.0. The van der Waals surface area contributed by atoms with Crippen molar-refractivity contribution in [1.82, 2.24) is 46.8 Å².